The summed E-state index contributed by atoms with van der Waals surface area (Å²) in [6.07, 6.45) is 0.753. The van der Waals surface area contributed by atoms with Gasteiger partial charge in [0.15, 0.2) is 5.79 Å². The molecule has 1 atom stereocenters. The SMILES string of the molecule is CC1(C)OCCC(CO)O1.CCOCC. The maximum absolute atomic E-state index is 8.74. The summed E-state index contributed by atoms with van der Waals surface area (Å²) in [6.45, 7) is 10.1. The molecule has 4 nitrogen and oxygen atoms in total. The summed E-state index contributed by atoms with van der Waals surface area (Å²) < 4.78 is 15.4. The number of rotatable bonds is 3. The van der Waals surface area contributed by atoms with Gasteiger partial charge in [-0.15, -0.1) is 0 Å². The second-order valence-electron chi connectivity index (χ2n) is 3.74. The Labute approximate surface area is 92.5 Å². The highest BCUT2D eigenvalue weighted by atomic mass is 16.7. The number of aliphatic hydroxyl groups excluding tert-OH is 1. The van der Waals surface area contributed by atoms with Crippen molar-refractivity contribution in [2.24, 2.45) is 0 Å². The molecule has 1 heterocycles. The topological polar surface area (TPSA) is 47.9 Å². The van der Waals surface area contributed by atoms with E-state index in [0.29, 0.717) is 6.61 Å². The zero-order valence-corrected chi connectivity index (χ0v) is 10.3. The second-order valence-corrected chi connectivity index (χ2v) is 3.74. The van der Waals surface area contributed by atoms with Crippen LogP contribution in [0.1, 0.15) is 34.1 Å². The third-order valence-electron chi connectivity index (χ3n) is 1.95. The van der Waals surface area contributed by atoms with Gasteiger partial charge >= 0.3 is 0 Å². The van der Waals surface area contributed by atoms with Crippen molar-refractivity contribution in [3.05, 3.63) is 0 Å². The highest BCUT2D eigenvalue weighted by Gasteiger charge is 2.28. The molecule has 92 valence electrons. The quantitative estimate of drug-likeness (QED) is 0.784. The van der Waals surface area contributed by atoms with Crippen LogP contribution in [0.5, 0.6) is 0 Å². The number of hydrogen-bond acceptors (Lipinski definition) is 4. The van der Waals surface area contributed by atoms with E-state index in [-0.39, 0.29) is 12.7 Å². The van der Waals surface area contributed by atoms with Crippen molar-refractivity contribution < 1.29 is 19.3 Å². The normalized spacial score (nSPS) is 24.2. The molecule has 1 rings (SSSR count). The van der Waals surface area contributed by atoms with Gasteiger partial charge in [-0.1, -0.05) is 0 Å². The number of hydrogen-bond donors (Lipinski definition) is 1. The summed E-state index contributed by atoms with van der Waals surface area (Å²) in [5.41, 5.74) is 0. The minimum absolute atomic E-state index is 0.0382. The van der Waals surface area contributed by atoms with Gasteiger partial charge in [-0.3, -0.25) is 0 Å². The number of aliphatic hydroxyl groups is 1. The van der Waals surface area contributed by atoms with Crippen molar-refractivity contribution in [3.8, 4) is 0 Å². The fourth-order valence-electron chi connectivity index (χ4n) is 1.26. The molecule has 0 aromatic carbocycles. The first-order valence-corrected chi connectivity index (χ1v) is 5.56. The van der Waals surface area contributed by atoms with Crippen LogP contribution in [0.25, 0.3) is 0 Å². The lowest BCUT2D eigenvalue weighted by Gasteiger charge is -2.35. The third-order valence-corrected chi connectivity index (χ3v) is 1.95. The summed E-state index contributed by atoms with van der Waals surface area (Å²) >= 11 is 0. The molecule has 0 bridgehead atoms. The summed E-state index contributed by atoms with van der Waals surface area (Å²) in [7, 11) is 0. The van der Waals surface area contributed by atoms with Gasteiger partial charge in [0.25, 0.3) is 0 Å². The first-order valence-electron chi connectivity index (χ1n) is 5.56. The van der Waals surface area contributed by atoms with Gasteiger partial charge in [0.2, 0.25) is 0 Å². The molecule has 1 unspecified atom stereocenters. The number of ether oxygens (including phenoxy) is 3. The Hall–Kier alpha value is -0.160. The molecule has 1 aliphatic heterocycles. The molecular weight excluding hydrogens is 196 g/mol. The summed E-state index contributed by atoms with van der Waals surface area (Å²) in [5, 5.41) is 8.74. The van der Waals surface area contributed by atoms with Crippen LogP contribution >= 0.6 is 0 Å². The Kier molecular flexibility index (Phi) is 7.96. The van der Waals surface area contributed by atoms with E-state index in [0.717, 1.165) is 19.6 Å². The van der Waals surface area contributed by atoms with Crippen molar-refractivity contribution in [2.75, 3.05) is 26.4 Å². The van der Waals surface area contributed by atoms with Crippen LogP contribution in [-0.2, 0) is 14.2 Å². The van der Waals surface area contributed by atoms with Gasteiger partial charge in [0.05, 0.1) is 19.3 Å². The smallest absolute Gasteiger partial charge is 0.163 e. The van der Waals surface area contributed by atoms with E-state index in [4.69, 9.17) is 19.3 Å². The van der Waals surface area contributed by atoms with Crippen LogP contribution in [0.4, 0.5) is 0 Å². The maximum atomic E-state index is 8.74. The molecule has 0 radical (unpaired) electrons. The molecule has 0 saturated carbocycles. The molecule has 15 heavy (non-hydrogen) atoms. The van der Waals surface area contributed by atoms with Gasteiger partial charge in [-0.05, 0) is 34.1 Å². The van der Waals surface area contributed by atoms with Gasteiger partial charge < -0.3 is 19.3 Å². The van der Waals surface area contributed by atoms with Crippen molar-refractivity contribution >= 4 is 0 Å². The minimum atomic E-state index is -0.508. The molecule has 1 N–H and O–H groups in total. The van der Waals surface area contributed by atoms with Gasteiger partial charge in [-0.2, -0.15) is 0 Å². The zero-order valence-electron chi connectivity index (χ0n) is 10.3. The van der Waals surface area contributed by atoms with Crippen molar-refractivity contribution in [1.29, 1.82) is 0 Å². The molecule has 1 aliphatic rings. The molecule has 0 aliphatic carbocycles. The van der Waals surface area contributed by atoms with Gasteiger partial charge in [-0.25, -0.2) is 0 Å². The molecule has 0 amide bonds. The lowest BCUT2D eigenvalue weighted by Crippen LogP contribution is -2.41. The van der Waals surface area contributed by atoms with E-state index in [2.05, 4.69) is 0 Å². The Morgan fingerprint density at radius 3 is 2.20 bits per heavy atom. The molecule has 0 spiro atoms. The van der Waals surface area contributed by atoms with E-state index in [9.17, 15) is 0 Å². The Bertz CT molecular complexity index is 146. The predicted octanol–water partition coefficient (Wildman–Crippen LogP) is 1.56. The highest BCUT2D eigenvalue weighted by Crippen LogP contribution is 2.21. The van der Waals surface area contributed by atoms with E-state index < -0.39 is 5.79 Å². The van der Waals surface area contributed by atoms with Crippen LogP contribution in [0.2, 0.25) is 0 Å². The van der Waals surface area contributed by atoms with Crippen molar-refractivity contribution in [3.63, 3.8) is 0 Å². The van der Waals surface area contributed by atoms with Crippen LogP contribution < -0.4 is 0 Å². The fourth-order valence-corrected chi connectivity index (χ4v) is 1.26. The zero-order chi connectivity index (χ0) is 11.7. The molecule has 1 saturated heterocycles. The summed E-state index contributed by atoms with van der Waals surface area (Å²) in [5.74, 6) is -0.508. The van der Waals surface area contributed by atoms with Crippen LogP contribution in [0.15, 0.2) is 0 Å². The first-order chi connectivity index (χ1) is 7.05. The van der Waals surface area contributed by atoms with E-state index in [1.807, 2.05) is 27.7 Å². The molecule has 4 heteroatoms. The van der Waals surface area contributed by atoms with Gasteiger partial charge in [0, 0.05) is 13.2 Å². The standard InChI is InChI=1S/C7H14O3.C4H10O/c1-7(2)9-4-3-6(5-8)10-7;1-3-5-4-2/h6,8H,3-5H2,1-2H3;3-4H2,1-2H3. The molecular formula is C11H24O4. The van der Waals surface area contributed by atoms with Crippen LogP contribution in [-0.4, -0.2) is 43.4 Å². The highest BCUT2D eigenvalue weighted by molar-refractivity contribution is 4.67. The van der Waals surface area contributed by atoms with E-state index >= 15 is 0 Å². The van der Waals surface area contributed by atoms with E-state index in [1.54, 1.807) is 0 Å². The average molecular weight is 220 g/mol. The molecule has 0 aromatic heterocycles. The summed E-state index contributed by atoms with van der Waals surface area (Å²) in [4.78, 5) is 0. The first kappa shape index (κ1) is 14.8. The monoisotopic (exact) mass is 220 g/mol. The van der Waals surface area contributed by atoms with Crippen LogP contribution in [0.3, 0.4) is 0 Å². The lowest BCUT2D eigenvalue weighted by atomic mass is 10.2. The van der Waals surface area contributed by atoms with Gasteiger partial charge in [0.1, 0.15) is 0 Å². The molecule has 0 aromatic rings. The minimum Gasteiger partial charge on any atom is -0.394 e. The lowest BCUT2D eigenvalue weighted by molar-refractivity contribution is -0.277. The Balaban J connectivity index is 0.000000336. The predicted molar refractivity (Wildman–Crippen MR) is 58.8 cm³/mol. The Morgan fingerprint density at radius 1 is 1.33 bits per heavy atom. The van der Waals surface area contributed by atoms with Crippen molar-refractivity contribution in [1.82, 2.24) is 0 Å². The van der Waals surface area contributed by atoms with Crippen LogP contribution in [0, 0.1) is 0 Å². The largest absolute Gasteiger partial charge is 0.394 e. The summed E-state index contributed by atoms with van der Waals surface area (Å²) in [6, 6.07) is 0. The molecule has 1 fully saturated rings. The second kappa shape index (κ2) is 8.05. The van der Waals surface area contributed by atoms with Crippen molar-refractivity contribution in [2.45, 2.75) is 46.0 Å². The third kappa shape index (κ3) is 7.73. The fraction of sp³-hybridized carbons (Fsp3) is 1.00. The average Bonchev–Trinajstić information content (AvgIpc) is 2.18. The maximum Gasteiger partial charge on any atom is 0.163 e. The Morgan fingerprint density at radius 2 is 1.93 bits per heavy atom. The van der Waals surface area contributed by atoms with E-state index in [1.165, 1.54) is 0 Å².